The first-order valence-electron chi connectivity index (χ1n) is 4.07. The summed E-state index contributed by atoms with van der Waals surface area (Å²) in [7, 11) is 0. The lowest BCUT2D eigenvalue weighted by Gasteiger charge is -2.06. The van der Waals surface area contributed by atoms with Gasteiger partial charge in [0.25, 0.3) is 0 Å². The second kappa shape index (κ2) is 4.69. The van der Waals surface area contributed by atoms with Gasteiger partial charge < -0.3 is 20.6 Å². The van der Waals surface area contributed by atoms with E-state index in [9.17, 15) is 5.11 Å². The van der Waals surface area contributed by atoms with Gasteiger partial charge in [0, 0.05) is 18.7 Å². The highest BCUT2D eigenvalue weighted by atomic mass is 16.3. The molecular formula is C9H13NO3. The van der Waals surface area contributed by atoms with Crippen LogP contribution in [0.1, 0.15) is 5.56 Å². The number of hydrogen-bond acceptors (Lipinski definition) is 4. The normalized spacial score (nSPS) is 10.2. The molecular weight excluding hydrogens is 170 g/mol. The monoisotopic (exact) mass is 183 g/mol. The van der Waals surface area contributed by atoms with Crippen molar-refractivity contribution in [2.75, 3.05) is 13.2 Å². The molecule has 4 N–H and O–H groups in total. The second-order valence-electron chi connectivity index (χ2n) is 2.69. The molecule has 0 aliphatic heterocycles. The van der Waals surface area contributed by atoms with E-state index in [4.69, 9.17) is 10.2 Å². The summed E-state index contributed by atoms with van der Waals surface area (Å²) in [6.07, 6.45) is 0. The quantitative estimate of drug-likeness (QED) is 0.397. The van der Waals surface area contributed by atoms with Crippen LogP contribution in [0.3, 0.4) is 0 Å². The molecule has 4 nitrogen and oxygen atoms in total. The van der Waals surface area contributed by atoms with Crippen molar-refractivity contribution in [2.45, 2.75) is 6.54 Å². The van der Waals surface area contributed by atoms with Gasteiger partial charge in [0.2, 0.25) is 0 Å². The van der Waals surface area contributed by atoms with Gasteiger partial charge in [0.1, 0.15) is 0 Å². The van der Waals surface area contributed by atoms with Crippen LogP contribution in [0.4, 0.5) is 0 Å². The molecule has 0 unspecified atom stereocenters. The molecule has 1 aromatic rings. The molecule has 4 heteroatoms. The first kappa shape index (κ1) is 9.83. The fraction of sp³-hybridized carbons (Fsp3) is 0.333. The van der Waals surface area contributed by atoms with Crippen molar-refractivity contribution in [2.24, 2.45) is 0 Å². The third kappa shape index (κ3) is 2.61. The van der Waals surface area contributed by atoms with Gasteiger partial charge in [0.05, 0.1) is 6.61 Å². The molecule has 0 saturated heterocycles. The van der Waals surface area contributed by atoms with Gasteiger partial charge in [-0.05, 0) is 6.07 Å². The van der Waals surface area contributed by atoms with E-state index in [1.165, 1.54) is 6.07 Å². The largest absolute Gasteiger partial charge is 0.504 e. The summed E-state index contributed by atoms with van der Waals surface area (Å²) < 4.78 is 0. The Morgan fingerprint density at radius 2 is 2.00 bits per heavy atom. The highest BCUT2D eigenvalue weighted by Gasteiger charge is 2.03. The Balaban J connectivity index is 2.61. The third-order valence-electron chi connectivity index (χ3n) is 1.70. The summed E-state index contributed by atoms with van der Waals surface area (Å²) in [5, 5.41) is 29.9. The SMILES string of the molecule is OCCNCc1cccc(O)c1O. The topological polar surface area (TPSA) is 72.7 Å². The van der Waals surface area contributed by atoms with Crippen molar-refractivity contribution >= 4 is 0 Å². The van der Waals surface area contributed by atoms with Gasteiger partial charge in [-0.25, -0.2) is 0 Å². The Morgan fingerprint density at radius 1 is 1.23 bits per heavy atom. The maximum absolute atomic E-state index is 9.34. The van der Waals surface area contributed by atoms with Gasteiger partial charge in [-0.3, -0.25) is 0 Å². The number of rotatable bonds is 4. The number of nitrogens with one attached hydrogen (secondary N) is 1. The third-order valence-corrected chi connectivity index (χ3v) is 1.70. The lowest BCUT2D eigenvalue weighted by Crippen LogP contribution is -2.17. The number of para-hydroxylation sites is 1. The molecule has 0 amide bonds. The zero-order valence-electron chi connectivity index (χ0n) is 7.20. The molecule has 0 aromatic heterocycles. The minimum atomic E-state index is -0.122. The van der Waals surface area contributed by atoms with E-state index >= 15 is 0 Å². The van der Waals surface area contributed by atoms with Crippen LogP contribution in [0, 0.1) is 0 Å². The van der Waals surface area contributed by atoms with Gasteiger partial charge in [-0.1, -0.05) is 12.1 Å². The Labute approximate surface area is 76.5 Å². The lowest BCUT2D eigenvalue weighted by atomic mass is 10.2. The molecule has 0 heterocycles. The second-order valence-corrected chi connectivity index (χ2v) is 2.69. The number of aliphatic hydroxyl groups is 1. The summed E-state index contributed by atoms with van der Waals surface area (Å²) in [6.45, 7) is 0.954. The van der Waals surface area contributed by atoms with E-state index in [0.717, 1.165) is 0 Å². The first-order chi connectivity index (χ1) is 6.25. The highest BCUT2D eigenvalue weighted by molar-refractivity contribution is 5.44. The summed E-state index contributed by atoms with van der Waals surface area (Å²) in [5.41, 5.74) is 0.619. The average molecular weight is 183 g/mol. The fourth-order valence-electron chi connectivity index (χ4n) is 1.02. The summed E-state index contributed by atoms with van der Waals surface area (Å²) in [6, 6.07) is 4.79. The number of hydrogen-bond donors (Lipinski definition) is 4. The maximum atomic E-state index is 9.34. The van der Waals surface area contributed by atoms with Crippen LogP contribution in [-0.4, -0.2) is 28.5 Å². The van der Waals surface area contributed by atoms with Crippen LogP contribution in [0.2, 0.25) is 0 Å². The predicted octanol–water partition coefficient (Wildman–Crippen LogP) is 0.180. The number of aliphatic hydroxyl groups excluding tert-OH is 1. The summed E-state index contributed by atoms with van der Waals surface area (Å²) in [4.78, 5) is 0. The number of benzene rings is 1. The lowest BCUT2D eigenvalue weighted by molar-refractivity contribution is 0.291. The molecule has 13 heavy (non-hydrogen) atoms. The predicted molar refractivity (Wildman–Crippen MR) is 48.6 cm³/mol. The van der Waals surface area contributed by atoms with Crippen molar-refractivity contribution in [1.29, 1.82) is 0 Å². The van der Waals surface area contributed by atoms with Gasteiger partial charge in [-0.15, -0.1) is 0 Å². The smallest absolute Gasteiger partial charge is 0.161 e. The van der Waals surface area contributed by atoms with Crippen molar-refractivity contribution in [3.05, 3.63) is 23.8 Å². The average Bonchev–Trinajstić information content (AvgIpc) is 2.13. The molecule has 0 aliphatic carbocycles. The Hall–Kier alpha value is -1.26. The molecule has 0 radical (unpaired) electrons. The number of phenolic OH excluding ortho intramolecular Hbond substituents is 2. The van der Waals surface area contributed by atoms with Crippen LogP contribution in [0.25, 0.3) is 0 Å². The van der Waals surface area contributed by atoms with E-state index < -0.39 is 0 Å². The minimum Gasteiger partial charge on any atom is -0.504 e. The van der Waals surface area contributed by atoms with E-state index in [2.05, 4.69) is 5.32 Å². The van der Waals surface area contributed by atoms with E-state index in [0.29, 0.717) is 18.7 Å². The van der Waals surface area contributed by atoms with Crippen LogP contribution >= 0.6 is 0 Å². The van der Waals surface area contributed by atoms with Crippen LogP contribution < -0.4 is 5.32 Å². The molecule has 0 fully saturated rings. The Kier molecular flexibility index (Phi) is 3.54. The molecule has 0 saturated carbocycles. The maximum Gasteiger partial charge on any atom is 0.161 e. The summed E-state index contributed by atoms with van der Waals surface area (Å²) in [5.74, 6) is -0.226. The molecule has 0 bridgehead atoms. The fourth-order valence-corrected chi connectivity index (χ4v) is 1.02. The molecule has 1 aromatic carbocycles. The van der Waals surface area contributed by atoms with Gasteiger partial charge in [-0.2, -0.15) is 0 Å². The highest BCUT2D eigenvalue weighted by Crippen LogP contribution is 2.27. The van der Waals surface area contributed by atoms with E-state index in [-0.39, 0.29) is 18.1 Å². The van der Waals surface area contributed by atoms with Crippen LogP contribution in [0.15, 0.2) is 18.2 Å². The van der Waals surface area contributed by atoms with Crippen LogP contribution in [-0.2, 0) is 6.54 Å². The van der Waals surface area contributed by atoms with Crippen molar-refractivity contribution in [3.8, 4) is 11.5 Å². The van der Waals surface area contributed by atoms with Crippen LogP contribution in [0.5, 0.6) is 11.5 Å². The minimum absolute atomic E-state index is 0.0551. The molecule has 72 valence electrons. The number of aromatic hydroxyl groups is 2. The molecule has 0 atom stereocenters. The van der Waals surface area contributed by atoms with Crippen molar-refractivity contribution < 1.29 is 15.3 Å². The Bertz CT molecular complexity index is 276. The number of phenols is 2. The molecule has 0 aliphatic rings. The van der Waals surface area contributed by atoms with Crippen molar-refractivity contribution in [3.63, 3.8) is 0 Å². The van der Waals surface area contributed by atoms with Gasteiger partial charge in [0.15, 0.2) is 11.5 Å². The molecule has 1 rings (SSSR count). The zero-order valence-corrected chi connectivity index (χ0v) is 7.20. The first-order valence-corrected chi connectivity index (χ1v) is 4.07. The van der Waals surface area contributed by atoms with Crippen molar-refractivity contribution in [1.82, 2.24) is 5.32 Å². The van der Waals surface area contributed by atoms with E-state index in [1.807, 2.05) is 0 Å². The summed E-state index contributed by atoms with van der Waals surface area (Å²) >= 11 is 0. The van der Waals surface area contributed by atoms with E-state index in [1.54, 1.807) is 12.1 Å². The van der Waals surface area contributed by atoms with Gasteiger partial charge >= 0.3 is 0 Å². The Morgan fingerprint density at radius 3 is 2.69 bits per heavy atom. The standard InChI is InChI=1S/C9H13NO3/c11-5-4-10-6-7-2-1-3-8(12)9(7)13/h1-3,10-13H,4-6H2. The molecule has 0 spiro atoms. The zero-order chi connectivity index (χ0) is 9.68.